The molecule has 114 valence electrons. The summed E-state index contributed by atoms with van der Waals surface area (Å²) in [7, 11) is 0. The first kappa shape index (κ1) is 13.0. The zero-order chi connectivity index (χ0) is 15.9. The number of rotatable bonds is 2. The number of aromatic amines is 2. The van der Waals surface area contributed by atoms with Crippen LogP contribution in [0.15, 0.2) is 61.1 Å². The Morgan fingerprint density at radius 2 is 1.83 bits per heavy atom. The van der Waals surface area contributed by atoms with E-state index in [1.165, 1.54) is 0 Å². The lowest BCUT2D eigenvalue weighted by atomic mass is 10.1. The van der Waals surface area contributed by atoms with Crippen LogP contribution in [0.2, 0.25) is 0 Å². The van der Waals surface area contributed by atoms with Gasteiger partial charge in [-0.2, -0.15) is 5.10 Å². The minimum Gasteiger partial charge on any atom is -0.338 e. The summed E-state index contributed by atoms with van der Waals surface area (Å²) < 4.78 is 0. The number of nitrogens with zero attached hydrogens (tertiary/aromatic N) is 4. The smallest absolute Gasteiger partial charge is 0.181 e. The van der Waals surface area contributed by atoms with E-state index in [0.717, 1.165) is 39.1 Å². The van der Waals surface area contributed by atoms with Crippen molar-refractivity contribution in [3.8, 4) is 22.6 Å². The van der Waals surface area contributed by atoms with Crippen LogP contribution in [-0.4, -0.2) is 30.1 Å². The van der Waals surface area contributed by atoms with Crippen molar-refractivity contribution in [2.24, 2.45) is 0 Å². The SMILES string of the molecule is c1ccc(-c2cnc3n[nH]c(-c4cc5cccnc5[nH]4)c3c2)nc1. The highest BCUT2D eigenvalue weighted by atomic mass is 15.2. The molecule has 0 bridgehead atoms. The Morgan fingerprint density at radius 1 is 0.875 bits per heavy atom. The molecule has 0 amide bonds. The molecule has 24 heavy (non-hydrogen) atoms. The molecule has 2 N–H and O–H groups in total. The van der Waals surface area contributed by atoms with Gasteiger partial charge in [0.25, 0.3) is 0 Å². The van der Waals surface area contributed by atoms with Crippen molar-refractivity contribution in [2.75, 3.05) is 0 Å². The molecular formula is C18H12N6. The van der Waals surface area contributed by atoms with Crippen molar-refractivity contribution in [3.63, 3.8) is 0 Å². The third-order valence-corrected chi connectivity index (χ3v) is 4.03. The van der Waals surface area contributed by atoms with Gasteiger partial charge in [0.1, 0.15) is 5.65 Å². The van der Waals surface area contributed by atoms with Crippen LogP contribution >= 0.6 is 0 Å². The second kappa shape index (κ2) is 4.99. The Morgan fingerprint density at radius 3 is 2.71 bits per heavy atom. The van der Waals surface area contributed by atoms with Crippen LogP contribution in [0.5, 0.6) is 0 Å². The Labute approximate surface area is 136 Å². The molecule has 5 heterocycles. The quantitative estimate of drug-likeness (QED) is 0.522. The van der Waals surface area contributed by atoms with E-state index in [4.69, 9.17) is 0 Å². The Hall–Kier alpha value is -3.54. The van der Waals surface area contributed by atoms with E-state index in [1.807, 2.05) is 30.3 Å². The van der Waals surface area contributed by atoms with Gasteiger partial charge in [0.15, 0.2) is 5.65 Å². The van der Waals surface area contributed by atoms with E-state index >= 15 is 0 Å². The average Bonchev–Trinajstić information content (AvgIpc) is 3.25. The zero-order valence-corrected chi connectivity index (χ0v) is 12.6. The summed E-state index contributed by atoms with van der Waals surface area (Å²) in [6, 6.07) is 13.9. The fourth-order valence-electron chi connectivity index (χ4n) is 2.87. The number of hydrogen-bond donors (Lipinski definition) is 2. The summed E-state index contributed by atoms with van der Waals surface area (Å²) in [5.74, 6) is 0. The number of nitrogens with one attached hydrogen (secondary N) is 2. The predicted octanol–water partition coefficient (Wildman–Crippen LogP) is 3.56. The van der Waals surface area contributed by atoms with E-state index in [2.05, 4.69) is 42.3 Å². The molecule has 0 aliphatic heterocycles. The van der Waals surface area contributed by atoms with Crippen LogP contribution in [0.3, 0.4) is 0 Å². The first-order chi connectivity index (χ1) is 11.9. The minimum atomic E-state index is 0.677. The molecule has 0 spiro atoms. The second-order valence-corrected chi connectivity index (χ2v) is 5.53. The summed E-state index contributed by atoms with van der Waals surface area (Å²) in [5.41, 5.74) is 5.21. The summed E-state index contributed by atoms with van der Waals surface area (Å²) in [6.45, 7) is 0. The summed E-state index contributed by atoms with van der Waals surface area (Å²) in [5, 5.41) is 9.39. The lowest BCUT2D eigenvalue weighted by molar-refractivity contribution is 1.10. The van der Waals surface area contributed by atoms with E-state index in [1.54, 1.807) is 18.6 Å². The highest BCUT2D eigenvalue weighted by Crippen LogP contribution is 2.29. The molecule has 5 aromatic heterocycles. The van der Waals surface area contributed by atoms with Crippen LogP contribution < -0.4 is 0 Å². The lowest BCUT2D eigenvalue weighted by Gasteiger charge is -2.00. The maximum absolute atomic E-state index is 4.45. The fraction of sp³-hybridized carbons (Fsp3) is 0. The van der Waals surface area contributed by atoms with Gasteiger partial charge in [-0.05, 0) is 36.4 Å². The van der Waals surface area contributed by atoms with Crippen LogP contribution in [0.4, 0.5) is 0 Å². The molecule has 0 aromatic carbocycles. The number of fused-ring (bicyclic) bond motifs is 2. The molecule has 0 saturated heterocycles. The summed E-state index contributed by atoms with van der Waals surface area (Å²) >= 11 is 0. The third kappa shape index (κ3) is 1.97. The van der Waals surface area contributed by atoms with Gasteiger partial charge in [-0.1, -0.05) is 6.07 Å². The molecule has 0 aliphatic carbocycles. The highest BCUT2D eigenvalue weighted by Gasteiger charge is 2.13. The van der Waals surface area contributed by atoms with Gasteiger partial charge in [0.05, 0.1) is 17.1 Å². The van der Waals surface area contributed by atoms with E-state index in [0.29, 0.717) is 5.65 Å². The fourth-order valence-corrected chi connectivity index (χ4v) is 2.87. The molecule has 6 heteroatoms. The normalized spacial score (nSPS) is 11.3. The van der Waals surface area contributed by atoms with Crippen molar-refractivity contribution < 1.29 is 0 Å². The molecule has 0 unspecified atom stereocenters. The van der Waals surface area contributed by atoms with Crippen molar-refractivity contribution in [3.05, 3.63) is 61.1 Å². The number of aromatic nitrogens is 6. The topological polar surface area (TPSA) is 83.1 Å². The standard InChI is InChI=1S/C18H12N6/c1-2-6-19-14(5-1)12-8-13-16(23-24-18(13)21-10-12)15-9-11-4-3-7-20-17(11)22-15/h1-10H,(H,20,22)(H,21,23,24). The molecule has 0 atom stereocenters. The first-order valence-electron chi connectivity index (χ1n) is 7.58. The molecule has 0 saturated carbocycles. The van der Waals surface area contributed by atoms with Gasteiger partial charge in [-0.3, -0.25) is 10.1 Å². The maximum atomic E-state index is 4.45. The molecule has 0 fully saturated rings. The zero-order valence-electron chi connectivity index (χ0n) is 12.6. The van der Waals surface area contributed by atoms with Gasteiger partial charge in [0.2, 0.25) is 0 Å². The first-order valence-corrected chi connectivity index (χ1v) is 7.58. The highest BCUT2D eigenvalue weighted by molar-refractivity contribution is 5.95. The van der Waals surface area contributed by atoms with Crippen molar-refractivity contribution in [1.29, 1.82) is 0 Å². The predicted molar refractivity (Wildman–Crippen MR) is 92.2 cm³/mol. The number of hydrogen-bond acceptors (Lipinski definition) is 4. The van der Waals surface area contributed by atoms with Crippen molar-refractivity contribution in [2.45, 2.75) is 0 Å². The number of H-pyrrole nitrogens is 2. The molecule has 6 nitrogen and oxygen atoms in total. The molecule has 5 rings (SSSR count). The summed E-state index contributed by atoms with van der Waals surface area (Å²) in [6.07, 6.45) is 5.34. The van der Waals surface area contributed by atoms with Gasteiger partial charge < -0.3 is 4.98 Å². The second-order valence-electron chi connectivity index (χ2n) is 5.53. The summed E-state index contributed by atoms with van der Waals surface area (Å²) in [4.78, 5) is 16.5. The van der Waals surface area contributed by atoms with Gasteiger partial charge in [-0.25, -0.2) is 9.97 Å². The lowest BCUT2D eigenvalue weighted by Crippen LogP contribution is -1.85. The minimum absolute atomic E-state index is 0.677. The van der Waals surface area contributed by atoms with E-state index in [9.17, 15) is 0 Å². The van der Waals surface area contributed by atoms with E-state index < -0.39 is 0 Å². The Kier molecular flexibility index (Phi) is 2.69. The van der Waals surface area contributed by atoms with Gasteiger partial charge in [0, 0.05) is 34.9 Å². The monoisotopic (exact) mass is 312 g/mol. The van der Waals surface area contributed by atoms with Gasteiger partial charge >= 0.3 is 0 Å². The number of pyridine rings is 3. The van der Waals surface area contributed by atoms with Crippen LogP contribution in [-0.2, 0) is 0 Å². The van der Waals surface area contributed by atoms with Crippen molar-refractivity contribution >= 4 is 22.1 Å². The maximum Gasteiger partial charge on any atom is 0.181 e. The van der Waals surface area contributed by atoms with Crippen LogP contribution in [0, 0.1) is 0 Å². The molecule has 5 aromatic rings. The molecule has 0 radical (unpaired) electrons. The van der Waals surface area contributed by atoms with Crippen LogP contribution in [0.25, 0.3) is 44.7 Å². The van der Waals surface area contributed by atoms with Gasteiger partial charge in [-0.15, -0.1) is 0 Å². The van der Waals surface area contributed by atoms with Crippen LogP contribution in [0.1, 0.15) is 0 Å². The molecule has 0 aliphatic rings. The molecular weight excluding hydrogens is 300 g/mol. The third-order valence-electron chi connectivity index (χ3n) is 4.03. The largest absolute Gasteiger partial charge is 0.338 e. The van der Waals surface area contributed by atoms with Crippen molar-refractivity contribution in [1.82, 2.24) is 30.1 Å². The Balaban J connectivity index is 1.71. The Bertz CT molecular complexity index is 1120. The average molecular weight is 312 g/mol. The van der Waals surface area contributed by atoms with E-state index in [-0.39, 0.29) is 0 Å².